The second-order valence-corrected chi connectivity index (χ2v) is 9.38. The number of hydrogen-bond acceptors (Lipinski definition) is 6. The Kier molecular flexibility index (Phi) is 5.53. The lowest BCUT2D eigenvalue weighted by Crippen LogP contribution is -2.29. The molecule has 0 N–H and O–H groups in total. The van der Waals surface area contributed by atoms with E-state index in [0.717, 1.165) is 22.3 Å². The molecule has 6 heteroatoms. The number of methoxy groups -OCH3 is 2. The van der Waals surface area contributed by atoms with Gasteiger partial charge >= 0.3 is 11.9 Å². The molecule has 0 unspecified atom stereocenters. The van der Waals surface area contributed by atoms with E-state index < -0.39 is 11.9 Å². The molecule has 2 atom stereocenters. The zero-order chi connectivity index (χ0) is 26.6. The van der Waals surface area contributed by atoms with Gasteiger partial charge in [0.25, 0.3) is 0 Å². The molecule has 0 saturated heterocycles. The fourth-order valence-electron chi connectivity index (χ4n) is 5.83. The highest BCUT2D eigenvalue weighted by molar-refractivity contribution is 6.15. The van der Waals surface area contributed by atoms with E-state index in [-0.39, 0.29) is 23.4 Å². The van der Waals surface area contributed by atoms with Gasteiger partial charge in [0.2, 0.25) is 0 Å². The molecule has 4 aromatic rings. The van der Waals surface area contributed by atoms with Crippen LogP contribution in [0.4, 0.5) is 0 Å². The Hall–Kier alpha value is -4.84. The van der Waals surface area contributed by atoms with Gasteiger partial charge in [0, 0.05) is 34.1 Å². The summed E-state index contributed by atoms with van der Waals surface area (Å²) in [5.74, 6) is -2.04. The van der Waals surface area contributed by atoms with E-state index in [0.29, 0.717) is 33.4 Å². The number of carbonyl (C=O) groups excluding carboxylic acids is 4. The minimum absolute atomic E-state index is 0.168. The second kappa shape index (κ2) is 8.92. The third kappa shape index (κ3) is 3.41. The normalized spacial score (nSPS) is 17.0. The molecular formula is C32H22O6. The average Bonchev–Trinajstić information content (AvgIpc) is 2.97. The predicted molar refractivity (Wildman–Crippen MR) is 139 cm³/mol. The Bertz CT molecular complexity index is 1560. The van der Waals surface area contributed by atoms with Crippen LogP contribution in [-0.2, 0) is 9.47 Å². The van der Waals surface area contributed by atoms with Crippen molar-refractivity contribution >= 4 is 23.5 Å². The van der Waals surface area contributed by atoms with Gasteiger partial charge in [-0.1, -0.05) is 60.7 Å². The summed E-state index contributed by atoms with van der Waals surface area (Å²) in [7, 11) is 2.61. The van der Waals surface area contributed by atoms with Gasteiger partial charge in [-0.05, 0) is 46.5 Å². The molecule has 4 aromatic carbocycles. The maximum Gasteiger partial charge on any atom is 0.337 e. The summed E-state index contributed by atoms with van der Waals surface area (Å²) < 4.78 is 9.79. The summed E-state index contributed by atoms with van der Waals surface area (Å²) in [6.45, 7) is 0. The number of hydrogen-bond donors (Lipinski definition) is 0. The smallest absolute Gasteiger partial charge is 0.337 e. The summed E-state index contributed by atoms with van der Waals surface area (Å²) in [6.07, 6.45) is 0. The van der Waals surface area contributed by atoms with Gasteiger partial charge in [-0.3, -0.25) is 9.59 Å². The Labute approximate surface area is 218 Å². The molecule has 0 aliphatic heterocycles. The number of carbonyl (C=O) groups is 4. The largest absolute Gasteiger partial charge is 0.465 e. The number of fused-ring (bicyclic) bond motifs is 4. The second-order valence-electron chi connectivity index (χ2n) is 9.38. The van der Waals surface area contributed by atoms with Crippen LogP contribution in [0, 0.1) is 0 Å². The van der Waals surface area contributed by atoms with Crippen molar-refractivity contribution in [3.8, 4) is 0 Å². The number of ether oxygens (including phenoxy) is 2. The molecule has 0 bridgehead atoms. The molecule has 0 aromatic heterocycles. The zero-order valence-corrected chi connectivity index (χ0v) is 20.7. The number of ketones is 2. The van der Waals surface area contributed by atoms with Crippen molar-refractivity contribution in [2.24, 2.45) is 0 Å². The van der Waals surface area contributed by atoms with Gasteiger partial charge in [-0.2, -0.15) is 0 Å². The van der Waals surface area contributed by atoms with E-state index in [1.54, 1.807) is 36.4 Å². The molecule has 0 heterocycles. The Morgan fingerprint density at radius 2 is 0.895 bits per heavy atom. The van der Waals surface area contributed by atoms with Crippen LogP contribution in [0.15, 0.2) is 84.9 Å². The van der Waals surface area contributed by atoms with Gasteiger partial charge in [0.05, 0.1) is 25.3 Å². The molecular weight excluding hydrogens is 480 g/mol. The van der Waals surface area contributed by atoms with E-state index in [2.05, 4.69) is 0 Å². The van der Waals surface area contributed by atoms with Crippen molar-refractivity contribution in [3.63, 3.8) is 0 Å². The number of esters is 2. The first-order valence-electron chi connectivity index (χ1n) is 12.2. The molecule has 0 amide bonds. The topological polar surface area (TPSA) is 86.7 Å². The fourth-order valence-corrected chi connectivity index (χ4v) is 5.83. The molecule has 0 saturated carbocycles. The first kappa shape index (κ1) is 23.6. The number of rotatable bonds is 3. The monoisotopic (exact) mass is 502 g/mol. The lowest BCUT2D eigenvalue weighted by atomic mass is 9.64. The van der Waals surface area contributed by atoms with E-state index in [1.807, 2.05) is 48.5 Å². The summed E-state index contributed by atoms with van der Waals surface area (Å²) in [5, 5.41) is 0. The van der Waals surface area contributed by atoms with Crippen molar-refractivity contribution in [2.75, 3.05) is 14.2 Å². The SMILES string of the molecule is COC(=O)c1ccc2c(c1)C(=O)c1ccccc1[C@@H]2[C@H]1c2ccccc2C(=O)c2cc(C(=O)OC)ccc21. The Balaban J connectivity index is 1.64. The van der Waals surface area contributed by atoms with Crippen LogP contribution in [0.3, 0.4) is 0 Å². The number of benzene rings is 4. The quantitative estimate of drug-likeness (QED) is 0.353. The highest BCUT2D eigenvalue weighted by atomic mass is 16.5. The van der Waals surface area contributed by atoms with Crippen LogP contribution in [0.1, 0.15) is 86.6 Å². The summed E-state index contributed by atoms with van der Waals surface area (Å²) >= 11 is 0. The molecule has 6 nitrogen and oxygen atoms in total. The molecule has 0 fully saturated rings. The van der Waals surface area contributed by atoms with Crippen molar-refractivity contribution in [3.05, 3.63) is 141 Å². The van der Waals surface area contributed by atoms with Crippen LogP contribution in [0.2, 0.25) is 0 Å². The molecule has 0 spiro atoms. The van der Waals surface area contributed by atoms with E-state index in [9.17, 15) is 19.2 Å². The third-order valence-corrected chi connectivity index (χ3v) is 7.52. The molecule has 186 valence electrons. The van der Waals surface area contributed by atoms with Crippen LogP contribution < -0.4 is 0 Å². The molecule has 38 heavy (non-hydrogen) atoms. The summed E-state index contributed by atoms with van der Waals surface area (Å²) in [5.41, 5.74) is 5.75. The van der Waals surface area contributed by atoms with Crippen molar-refractivity contribution in [1.82, 2.24) is 0 Å². The highest BCUT2D eigenvalue weighted by Crippen LogP contribution is 2.51. The third-order valence-electron chi connectivity index (χ3n) is 7.52. The maximum atomic E-state index is 13.6. The van der Waals surface area contributed by atoms with Crippen molar-refractivity contribution in [1.29, 1.82) is 0 Å². The van der Waals surface area contributed by atoms with Crippen molar-refractivity contribution in [2.45, 2.75) is 11.8 Å². The van der Waals surface area contributed by atoms with Crippen LogP contribution >= 0.6 is 0 Å². The molecule has 2 aliphatic rings. The lowest BCUT2D eigenvalue weighted by Gasteiger charge is -2.38. The van der Waals surface area contributed by atoms with E-state index in [4.69, 9.17) is 9.47 Å². The van der Waals surface area contributed by atoms with E-state index >= 15 is 0 Å². The lowest BCUT2D eigenvalue weighted by molar-refractivity contribution is 0.0591. The van der Waals surface area contributed by atoms with Gasteiger partial charge < -0.3 is 9.47 Å². The summed E-state index contributed by atoms with van der Waals surface area (Å²) in [4.78, 5) is 51.9. The van der Waals surface area contributed by atoms with Gasteiger partial charge in [0.15, 0.2) is 11.6 Å². The highest BCUT2D eigenvalue weighted by Gasteiger charge is 2.42. The minimum atomic E-state index is -0.523. The first-order valence-corrected chi connectivity index (χ1v) is 12.2. The van der Waals surface area contributed by atoms with Gasteiger partial charge in [0.1, 0.15) is 0 Å². The minimum Gasteiger partial charge on any atom is -0.465 e. The first-order chi connectivity index (χ1) is 18.4. The predicted octanol–water partition coefficient (Wildman–Crippen LogP) is 5.31. The zero-order valence-electron chi connectivity index (χ0n) is 20.7. The van der Waals surface area contributed by atoms with Gasteiger partial charge in [-0.15, -0.1) is 0 Å². The Morgan fingerprint density at radius 3 is 1.29 bits per heavy atom. The standard InChI is InChI=1S/C32H22O6/c1-37-31(35)17-11-13-21-25(15-17)29(33)23-9-5-3-7-19(23)27(21)28-20-8-4-6-10-24(20)30(34)26-16-18(32(36)38-2)12-14-22(26)28/h3-16,27-28H,1-2H3/t27-,28-/m0/s1. The van der Waals surface area contributed by atoms with Crippen molar-refractivity contribution < 1.29 is 28.7 Å². The van der Waals surface area contributed by atoms with E-state index in [1.165, 1.54) is 14.2 Å². The van der Waals surface area contributed by atoms with Crippen LogP contribution in [-0.4, -0.2) is 37.7 Å². The average molecular weight is 503 g/mol. The maximum absolute atomic E-state index is 13.6. The fraction of sp³-hybridized carbons (Fsp3) is 0.125. The molecule has 0 radical (unpaired) electrons. The van der Waals surface area contributed by atoms with Crippen LogP contribution in [0.5, 0.6) is 0 Å². The van der Waals surface area contributed by atoms with Crippen LogP contribution in [0.25, 0.3) is 0 Å². The molecule has 2 aliphatic carbocycles. The molecule has 6 rings (SSSR count). The van der Waals surface area contributed by atoms with Gasteiger partial charge in [-0.25, -0.2) is 9.59 Å². The Morgan fingerprint density at radius 1 is 0.526 bits per heavy atom. The summed E-state index contributed by atoms with van der Waals surface area (Å²) in [6, 6.07) is 25.0.